The van der Waals surface area contributed by atoms with E-state index in [-0.39, 0.29) is 11.2 Å². The lowest BCUT2D eigenvalue weighted by molar-refractivity contribution is 0.00578. The predicted molar refractivity (Wildman–Crippen MR) is 78.0 cm³/mol. The van der Waals surface area contributed by atoms with Crippen molar-refractivity contribution in [2.45, 2.75) is 45.4 Å². The maximum atomic E-state index is 10.8. The molecule has 0 spiro atoms. The second kappa shape index (κ2) is 5.59. The van der Waals surface area contributed by atoms with Crippen molar-refractivity contribution in [3.05, 3.63) is 12.4 Å². The van der Waals surface area contributed by atoms with Crippen molar-refractivity contribution >= 4 is 23.7 Å². The Hall–Kier alpha value is -0.695. The van der Waals surface area contributed by atoms with Gasteiger partial charge in [0.1, 0.15) is 0 Å². The van der Waals surface area contributed by atoms with Gasteiger partial charge in [-0.2, -0.15) is 5.10 Å². The van der Waals surface area contributed by atoms with Gasteiger partial charge in [0.15, 0.2) is 11.1 Å². The Labute approximate surface area is 122 Å². The molecule has 1 aromatic heterocycles. The van der Waals surface area contributed by atoms with E-state index in [1.165, 1.54) is 6.26 Å². The molecule has 1 aromatic rings. The Morgan fingerprint density at radius 2 is 1.95 bits per heavy atom. The molecule has 0 N–H and O–H groups in total. The Bertz CT molecular complexity index is 487. The summed E-state index contributed by atoms with van der Waals surface area (Å²) in [5, 5.41) is 4.23. The van der Waals surface area contributed by atoms with Crippen molar-refractivity contribution in [1.29, 1.82) is 0 Å². The molecule has 1 fully saturated rings. The molecule has 1 atom stereocenters. The van der Waals surface area contributed by atoms with Gasteiger partial charge in [-0.1, -0.05) is 0 Å². The standard InChI is InChI=1S/C12H21BN2O4S/c1-11(2)12(3,4)19-13(18-11)10-8-14-15(9-10)6-7-17-20(5)16/h8-9H,6-7H2,1-5H3. The van der Waals surface area contributed by atoms with Gasteiger partial charge < -0.3 is 9.31 Å². The molecule has 1 aliphatic heterocycles. The Balaban J connectivity index is 1.98. The maximum Gasteiger partial charge on any atom is 0.498 e. The van der Waals surface area contributed by atoms with E-state index in [0.29, 0.717) is 13.2 Å². The third kappa shape index (κ3) is 3.31. The van der Waals surface area contributed by atoms with Gasteiger partial charge in [0.05, 0.1) is 24.4 Å². The van der Waals surface area contributed by atoms with E-state index in [2.05, 4.69) is 5.10 Å². The Morgan fingerprint density at radius 1 is 1.35 bits per heavy atom. The topological polar surface area (TPSA) is 62.6 Å². The molecule has 1 aliphatic rings. The zero-order valence-electron chi connectivity index (χ0n) is 12.6. The number of hydrogen-bond donors (Lipinski definition) is 0. The SMILES string of the molecule is CS(=O)OCCn1cc(B2OC(C)(C)C(C)(C)O2)cn1. The molecular formula is C12H21BN2O4S. The first-order chi connectivity index (χ1) is 9.21. The van der Waals surface area contributed by atoms with Crippen LogP contribution in [0.5, 0.6) is 0 Å². The van der Waals surface area contributed by atoms with Crippen molar-refractivity contribution in [3.63, 3.8) is 0 Å². The van der Waals surface area contributed by atoms with E-state index in [4.69, 9.17) is 13.5 Å². The lowest BCUT2D eigenvalue weighted by Crippen LogP contribution is -2.41. The van der Waals surface area contributed by atoms with Gasteiger partial charge in [0.25, 0.3) is 0 Å². The van der Waals surface area contributed by atoms with Crippen LogP contribution in [0.2, 0.25) is 0 Å². The zero-order valence-corrected chi connectivity index (χ0v) is 13.4. The highest BCUT2D eigenvalue weighted by molar-refractivity contribution is 7.79. The number of aromatic nitrogens is 2. The van der Waals surface area contributed by atoms with Crippen LogP contribution in [0.3, 0.4) is 0 Å². The molecule has 1 saturated heterocycles. The van der Waals surface area contributed by atoms with Crippen LogP contribution in [0.15, 0.2) is 12.4 Å². The summed E-state index contributed by atoms with van der Waals surface area (Å²) in [6, 6.07) is 0. The average molecular weight is 300 g/mol. The maximum absolute atomic E-state index is 10.8. The molecule has 0 bridgehead atoms. The molecule has 8 heteroatoms. The summed E-state index contributed by atoms with van der Waals surface area (Å²) in [4.78, 5) is 0. The van der Waals surface area contributed by atoms with Gasteiger partial charge >= 0.3 is 7.12 Å². The van der Waals surface area contributed by atoms with Gasteiger partial charge in [-0.3, -0.25) is 8.86 Å². The lowest BCUT2D eigenvalue weighted by atomic mass is 9.82. The van der Waals surface area contributed by atoms with Crippen molar-refractivity contribution in [2.75, 3.05) is 12.9 Å². The third-order valence-corrected chi connectivity index (χ3v) is 4.25. The molecular weight excluding hydrogens is 279 g/mol. The van der Waals surface area contributed by atoms with Crippen LogP contribution < -0.4 is 5.46 Å². The highest BCUT2D eigenvalue weighted by Gasteiger charge is 2.52. The van der Waals surface area contributed by atoms with Crippen LogP contribution in [-0.4, -0.2) is 45.2 Å². The molecule has 0 radical (unpaired) electrons. The zero-order chi connectivity index (χ0) is 15.0. The molecule has 2 heterocycles. The largest absolute Gasteiger partial charge is 0.498 e. The highest BCUT2D eigenvalue weighted by atomic mass is 32.2. The van der Waals surface area contributed by atoms with Crippen molar-refractivity contribution in [3.8, 4) is 0 Å². The summed E-state index contributed by atoms with van der Waals surface area (Å²) in [7, 11) is -0.407. The van der Waals surface area contributed by atoms with Crippen molar-refractivity contribution in [1.82, 2.24) is 9.78 Å². The quantitative estimate of drug-likeness (QED) is 0.741. The number of hydrogen-bond acceptors (Lipinski definition) is 5. The fourth-order valence-corrected chi connectivity index (χ4v) is 2.16. The van der Waals surface area contributed by atoms with Crippen LogP contribution in [0.25, 0.3) is 0 Å². The van der Waals surface area contributed by atoms with E-state index in [9.17, 15) is 4.21 Å². The molecule has 0 aromatic carbocycles. The summed E-state index contributed by atoms with van der Waals surface area (Å²) in [5.41, 5.74) is 0.158. The first-order valence-electron chi connectivity index (χ1n) is 6.56. The fourth-order valence-electron chi connectivity index (χ4n) is 1.85. The van der Waals surface area contributed by atoms with Gasteiger partial charge in [-0.05, 0) is 27.7 Å². The van der Waals surface area contributed by atoms with E-state index in [0.717, 1.165) is 5.46 Å². The molecule has 1 unspecified atom stereocenters. The summed E-state index contributed by atoms with van der Waals surface area (Å²) in [6.45, 7) is 8.96. The second-order valence-electron chi connectivity index (χ2n) is 5.85. The smallest absolute Gasteiger partial charge is 0.399 e. The normalized spacial score (nSPS) is 22.1. The fraction of sp³-hybridized carbons (Fsp3) is 0.750. The van der Waals surface area contributed by atoms with E-state index in [1.54, 1.807) is 10.9 Å². The summed E-state index contributed by atoms with van der Waals surface area (Å²) in [6.07, 6.45) is 5.09. The minimum Gasteiger partial charge on any atom is -0.399 e. The van der Waals surface area contributed by atoms with Crippen molar-refractivity contribution < 1.29 is 17.7 Å². The average Bonchev–Trinajstić information content (AvgIpc) is 2.82. The van der Waals surface area contributed by atoms with Crippen LogP contribution in [0, 0.1) is 0 Å². The molecule has 0 amide bonds. The molecule has 2 rings (SSSR count). The number of rotatable bonds is 5. The minimum absolute atomic E-state index is 0.355. The highest BCUT2D eigenvalue weighted by Crippen LogP contribution is 2.36. The van der Waals surface area contributed by atoms with Crippen LogP contribution in [0.1, 0.15) is 27.7 Å². The van der Waals surface area contributed by atoms with E-state index >= 15 is 0 Å². The predicted octanol–water partition coefficient (Wildman–Crippen LogP) is 0.492. The van der Waals surface area contributed by atoms with Gasteiger partial charge in [0.2, 0.25) is 0 Å². The van der Waals surface area contributed by atoms with Gasteiger partial charge in [-0.15, -0.1) is 0 Å². The third-order valence-electron chi connectivity index (χ3n) is 3.75. The molecule has 112 valence electrons. The number of nitrogens with zero attached hydrogens (tertiary/aromatic N) is 2. The molecule has 0 aliphatic carbocycles. The van der Waals surface area contributed by atoms with Gasteiger partial charge in [-0.25, -0.2) is 4.21 Å². The summed E-state index contributed by atoms with van der Waals surface area (Å²) < 4.78 is 29.4. The summed E-state index contributed by atoms with van der Waals surface area (Å²) >= 11 is -1.25. The van der Waals surface area contributed by atoms with Crippen molar-refractivity contribution in [2.24, 2.45) is 0 Å². The lowest BCUT2D eigenvalue weighted by Gasteiger charge is -2.32. The van der Waals surface area contributed by atoms with Crippen LogP contribution >= 0.6 is 0 Å². The van der Waals surface area contributed by atoms with Gasteiger partial charge in [0, 0.05) is 24.1 Å². The Kier molecular flexibility index (Phi) is 4.39. The van der Waals surface area contributed by atoms with Crippen LogP contribution in [-0.2, 0) is 31.1 Å². The molecule has 0 saturated carbocycles. The Morgan fingerprint density at radius 3 is 2.50 bits per heavy atom. The first-order valence-corrected chi connectivity index (χ1v) is 8.04. The molecule has 6 nitrogen and oxygen atoms in total. The van der Waals surface area contributed by atoms with Crippen LogP contribution in [0.4, 0.5) is 0 Å². The molecule has 20 heavy (non-hydrogen) atoms. The monoisotopic (exact) mass is 300 g/mol. The van der Waals surface area contributed by atoms with E-state index in [1.807, 2.05) is 33.9 Å². The first kappa shape index (κ1) is 15.7. The summed E-state index contributed by atoms with van der Waals surface area (Å²) in [5.74, 6) is 0. The van der Waals surface area contributed by atoms with E-state index < -0.39 is 18.2 Å². The minimum atomic E-state index is -1.25. The second-order valence-corrected chi connectivity index (χ2v) is 6.89.